The molecule has 0 rings (SSSR count). The molecule has 0 N–H and O–H groups in total. The Morgan fingerprint density at radius 1 is 1.22 bits per heavy atom. The first-order valence-electron chi connectivity index (χ1n) is 4.14. The van der Waals surface area contributed by atoms with Crippen molar-refractivity contribution in [1.82, 2.24) is 0 Å². The van der Waals surface area contributed by atoms with E-state index in [1.165, 1.54) is 25.7 Å². The minimum atomic E-state index is 0.843. The van der Waals surface area contributed by atoms with Crippen LogP contribution < -0.4 is 0 Å². The molecule has 0 heteroatoms. The molecule has 0 aromatic carbocycles. The van der Waals surface area contributed by atoms with Crippen molar-refractivity contribution in [2.45, 2.75) is 46.5 Å². The fourth-order valence-corrected chi connectivity index (χ4v) is 1.02. The van der Waals surface area contributed by atoms with Gasteiger partial charge in [0.25, 0.3) is 0 Å². The van der Waals surface area contributed by atoms with Crippen LogP contribution in [0.4, 0.5) is 0 Å². The van der Waals surface area contributed by atoms with Gasteiger partial charge in [-0.15, -0.1) is 0 Å². The summed E-state index contributed by atoms with van der Waals surface area (Å²) in [5.41, 5.74) is 0. The fourth-order valence-electron chi connectivity index (χ4n) is 1.02. The molecule has 0 aliphatic heterocycles. The van der Waals surface area contributed by atoms with E-state index in [-0.39, 0.29) is 0 Å². The Balaban J connectivity index is 2.95. The quantitative estimate of drug-likeness (QED) is 0.496. The van der Waals surface area contributed by atoms with Crippen LogP contribution in [0.25, 0.3) is 0 Å². The number of hydrogen-bond acceptors (Lipinski definition) is 0. The van der Waals surface area contributed by atoms with Crippen LogP contribution in [-0.4, -0.2) is 0 Å². The summed E-state index contributed by atoms with van der Waals surface area (Å²) < 4.78 is 0. The van der Waals surface area contributed by atoms with Crippen LogP contribution in [0.5, 0.6) is 0 Å². The molecule has 0 bridgehead atoms. The van der Waals surface area contributed by atoms with Gasteiger partial charge in [-0.2, -0.15) is 0 Å². The lowest BCUT2D eigenvalue weighted by molar-refractivity contribution is 0.568. The van der Waals surface area contributed by atoms with Gasteiger partial charge in [-0.3, -0.25) is 0 Å². The zero-order chi connectivity index (χ0) is 7.11. The van der Waals surface area contributed by atoms with Gasteiger partial charge < -0.3 is 0 Å². The molecule has 0 heterocycles. The Morgan fingerprint density at radius 2 is 1.89 bits per heavy atom. The van der Waals surface area contributed by atoms with Crippen LogP contribution in [0, 0.1) is 12.3 Å². The number of unbranched alkanes of at least 4 members (excludes halogenated alkanes) is 1. The predicted octanol–water partition coefficient (Wildman–Crippen LogP) is 3.43. The average Bonchev–Trinajstić information content (AvgIpc) is 1.85. The highest BCUT2D eigenvalue weighted by Crippen LogP contribution is 2.11. The van der Waals surface area contributed by atoms with Crippen LogP contribution in [0.15, 0.2) is 0 Å². The second-order valence-corrected chi connectivity index (χ2v) is 2.79. The van der Waals surface area contributed by atoms with Gasteiger partial charge in [0.1, 0.15) is 0 Å². The first-order chi connectivity index (χ1) is 4.31. The number of hydrogen-bond donors (Lipinski definition) is 0. The van der Waals surface area contributed by atoms with E-state index < -0.39 is 0 Å². The molecular weight excluding hydrogens is 108 g/mol. The SMILES string of the molecule is CCC[CH+]C(C)CCC. The molecule has 0 spiro atoms. The summed E-state index contributed by atoms with van der Waals surface area (Å²) in [6.07, 6.45) is 7.71. The Bertz CT molecular complexity index is 48.0. The van der Waals surface area contributed by atoms with Crippen molar-refractivity contribution in [2.75, 3.05) is 0 Å². The maximum atomic E-state index is 2.43. The van der Waals surface area contributed by atoms with E-state index in [1.54, 1.807) is 0 Å². The maximum absolute atomic E-state index is 2.43. The minimum Gasteiger partial charge on any atom is -0.0652 e. The predicted molar refractivity (Wildman–Crippen MR) is 43.3 cm³/mol. The Kier molecular flexibility index (Phi) is 5.91. The molecule has 0 aromatic rings. The molecule has 9 heavy (non-hydrogen) atoms. The lowest BCUT2D eigenvalue weighted by Gasteiger charge is -1.97. The third kappa shape index (κ3) is 5.75. The zero-order valence-electron chi connectivity index (χ0n) is 6.98. The molecule has 0 aromatic heterocycles. The highest BCUT2D eigenvalue weighted by atomic mass is 14.0. The fraction of sp³-hybridized carbons (Fsp3) is 0.889. The lowest BCUT2D eigenvalue weighted by atomic mass is 10.00. The first kappa shape index (κ1) is 8.87. The van der Waals surface area contributed by atoms with Crippen LogP contribution in [0.3, 0.4) is 0 Å². The summed E-state index contributed by atoms with van der Waals surface area (Å²) in [4.78, 5) is 0. The standard InChI is InChI=1S/C9H19/c1-4-6-8-9(3)7-5-2/h8-9H,4-7H2,1-3H3/q+1. The maximum Gasteiger partial charge on any atom is 0.0949 e. The van der Waals surface area contributed by atoms with Gasteiger partial charge in [-0.05, 0) is 19.8 Å². The van der Waals surface area contributed by atoms with Gasteiger partial charge in [-0.1, -0.05) is 20.3 Å². The monoisotopic (exact) mass is 127 g/mol. The van der Waals surface area contributed by atoms with Gasteiger partial charge in [0, 0.05) is 0 Å². The van der Waals surface area contributed by atoms with Gasteiger partial charge in [0.15, 0.2) is 0 Å². The molecule has 0 aliphatic rings. The normalized spacial score (nSPS) is 13.2. The van der Waals surface area contributed by atoms with E-state index in [0.29, 0.717) is 0 Å². The van der Waals surface area contributed by atoms with E-state index in [1.807, 2.05) is 0 Å². The largest absolute Gasteiger partial charge is 0.0949 e. The van der Waals surface area contributed by atoms with E-state index >= 15 is 0 Å². The first-order valence-corrected chi connectivity index (χ1v) is 4.14. The molecule has 0 saturated carbocycles. The zero-order valence-corrected chi connectivity index (χ0v) is 6.98. The molecule has 0 saturated heterocycles. The summed E-state index contributed by atoms with van der Waals surface area (Å²) in [6.45, 7) is 6.78. The molecule has 0 radical (unpaired) electrons. The van der Waals surface area contributed by atoms with Crippen LogP contribution >= 0.6 is 0 Å². The minimum absolute atomic E-state index is 0.843. The van der Waals surface area contributed by atoms with E-state index in [0.717, 1.165) is 5.92 Å². The highest BCUT2D eigenvalue weighted by Gasteiger charge is 2.07. The van der Waals surface area contributed by atoms with Crippen molar-refractivity contribution < 1.29 is 0 Å². The van der Waals surface area contributed by atoms with Crippen LogP contribution in [-0.2, 0) is 0 Å². The van der Waals surface area contributed by atoms with E-state index in [4.69, 9.17) is 0 Å². The summed E-state index contributed by atoms with van der Waals surface area (Å²) in [5, 5.41) is 0. The molecule has 1 atom stereocenters. The Hall–Kier alpha value is -0.130. The van der Waals surface area contributed by atoms with Gasteiger partial charge >= 0.3 is 0 Å². The van der Waals surface area contributed by atoms with Crippen LogP contribution in [0.1, 0.15) is 46.5 Å². The average molecular weight is 127 g/mol. The number of rotatable bonds is 5. The Morgan fingerprint density at radius 3 is 2.33 bits per heavy atom. The molecule has 0 fully saturated rings. The van der Waals surface area contributed by atoms with E-state index in [2.05, 4.69) is 27.2 Å². The van der Waals surface area contributed by atoms with Crippen molar-refractivity contribution in [3.05, 3.63) is 6.42 Å². The van der Waals surface area contributed by atoms with Crippen molar-refractivity contribution in [3.8, 4) is 0 Å². The molecule has 0 nitrogen and oxygen atoms in total. The third-order valence-electron chi connectivity index (χ3n) is 1.60. The van der Waals surface area contributed by atoms with Crippen LogP contribution in [0.2, 0.25) is 0 Å². The topological polar surface area (TPSA) is 0 Å². The molecule has 0 amide bonds. The summed E-state index contributed by atoms with van der Waals surface area (Å²) in [5.74, 6) is 0.843. The van der Waals surface area contributed by atoms with Gasteiger partial charge in [-0.25, -0.2) is 0 Å². The van der Waals surface area contributed by atoms with Crippen molar-refractivity contribution in [1.29, 1.82) is 0 Å². The van der Waals surface area contributed by atoms with Crippen molar-refractivity contribution in [2.24, 2.45) is 5.92 Å². The third-order valence-corrected chi connectivity index (χ3v) is 1.60. The smallest absolute Gasteiger partial charge is 0.0652 e. The summed E-state index contributed by atoms with van der Waals surface area (Å²) in [7, 11) is 0. The van der Waals surface area contributed by atoms with E-state index in [9.17, 15) is 0 Å². The lowest BCUT2D eigenvalue weighted by Crippen LogP contribution is -1.93. The van der Waals surface area contributed by atoms with Crippen molar-refractivity contribution in [3.63, 3.8) is 0 Å². The molecule has 0 aliphatic carbocycles. The highest BCUT2D eigenvalue weighted by molar-refractivity contribution is 4.70. The van der Waals surface area contributed by atoms with Crippen molar-refractivity contribution >= 4 is 0 Å². The molecule has 1 unspecified atom stereocenters. The van der Waals surface area contributed by atoms with Gasteiger partial charge in [0.2, 0.25) is 0 Å². The molecule has 54 valence electrons. The second kappa shape index (κ2) is 6.00. The summed E-state index contributed by atoms with van der Waals surface area (Å²) >= 11 is 0. The second-order valence-electron chi connectivity index (χ2n) is 2.79. The molecular formula is C9H19+. The summed E-state index contributed by atoms with van der Waals surface area (Å²) in [6, 6.07) is 0. The Labute approximate surface area is 59.7 Å². The van der Waals surface area contributed by atoms with Gasteiger partial charge in [0.05, 0.1) is 18.8 Å².